The SMILES string of the molecule is C/C=C/C(=O)OCc1cc2ccc(C)c(C)c2nc1Cl. The second kappa shape index (κ2) is 6.06. The highest BCUT2D eigenvalue weighted by atomic mass is 35.5. The van der Waals surface area contributed by atoms with Crippen LogP contribution in [0.2, 0.25) is 5.15 Å². The van der Waals surface area contributed by atoms with Gasteiger partial charge in [-0.2, -0.15) is 0 Å². The summed E-state index contributed by atoms with van der Waals surface area (Å²) in [5.41, 5.74) is 3.88. The first-order valence-corrected chi connectivity index (χ1v) is 6.75. The number of pyridine rings is 1. The lowest BCUT2D eigenvalue weighted by Gasteiger charge is -2.09. The molecule has 0 N–H and O–H groups in total. The van der Waals surface area contributed by atoms with Gasteiger partial charge in [0.25, 0.3) is 0 Å². The highest BCUT2D eigenvalue weighted by Gasteiger charge is 2.09. The molecule has 4 heteroatoms. The molecule has 0 fully saturated rings. The first-order valence-electron chi connectivity index (χ1n) is 6.37. The van der Waals surface area contributed by atoms with E-state index in [9.17, 15) is 4.79 Å². The first kappa shape index (κ1) is 14.5. The first-order chi connectivity index (χ1) is 9.52. The van der Waals surface area contributed by atoms with E-state index in [2.05, 4.69) is 4.98 Å². The van der Waals surface area contributed by atoms with Crippen molar-refractivity contribution in [2.24, 2.45) is 0 Å². The maximum absolute atomic E-state index is 11.3. The van der Waals surface area contributed by atoms with Gasteiger partial charge in [-0.25, -0.2) is 9.78 Å². The van der Waals surface area contributed by atoms with Crippen molar-refractivity contribution in [2.75, 3.05) is 0 Å². The number of hydrogen-bond donors (Lipinski definition) is 0. The molecule has 1 aromatic heterocycles. The summed E-state index contributed by atoms with van der Waals surface area (Å²) < 4.78 is 5.10. The summed E-state index contributed by atoms with van der Waals surface area (Å²) in [6.45, 7) is 5.94. The minimum atomic E-state index is -0.385. The Labute approximate surface area is 123 Å². The molecule has 0 aliphatic heterocycles. The van der Waals surface area contributed by atoms with E-state index < -0.39 is 0 Å². The van der Waals surface area contributed by atoms with Crippen LogP contribution in [-0.4, -0.2) is 11.0 Å². The van der Waals surface area contributed by atoms with Crippen LogP contribution in [0.5, 0.6) is 0 Å². The summed E-state index contributed by atoms with van der Waals surface area (Å²) in [5, 5.41) is 1.37. The van der Waals surface area contributed by atoms with E-state index in [0.717, 1.165) is 16.5 Å². The Kier molecular flexibility index (Phi) is 4.40. The summed E-state index contributed by atoms with van der Waals surface area (Å²) in [6, 6.07) is 5.96. The third-order valence-electron chi connectivity index (χ3n) is 3.21. The average molecular weight is 290 g/mol. The minimum Gasteiger partial charge on any atom is -0.458 e. The quantitative estimate of drug-likeness (QED) is 0.485. The number of allylic oxidation sites excluding steroid dienone is 1. The Balaban J connectivity index is 2.34. The molecule has 1 aromatic carbocycles. The largest absolute Gasteiger partial charge is 0.458 e. The van der Waals surface area contributed by atoms with E-state index in [1.54, 1.807) is 13.0 Å². The number of benzene rings is 1. The molecule has 20 heavy (non-hydrogen) atoms. The van der Waals surface area contributed by atoms with Gasteiger partial charge in [0.15, 0.2) is 0 Å². The molecule has 0 amide bonds. The van der Waals surface area contributed by atoms with Gasteiger partial charge in [-0.1, -0.05) is 29.8 Å². The Bertz CT molecular complexity index is 692. The summed E-state index contributed by atoms with van der Waals surface area (Å²) in [4.78, 5) is 15.7. The van der Waals surface area contributed by atoms with Crippen molar-refractivity contribution in [1.29, 1.82) is 0 Å². The van der Waals surface area contributed by atoms with E-state index in [-0.39, 0.29) is 12.6 Å². The second-order valence-electron chi connectivity index (χ2n) is 4.63. The van der Waals surface area contributed by atoms with Gasteiger partial charge < -0.3 is 4.74 Å². The standard InChI is InChI=1S/C16H16ClNO2/c1-4-5-14(19)20-9-13-8-12-7-6-10(2)11(3)15(12)18-16(13)17/h4-8H,9H2,1-3H3/b5-4+. The molecular formula is C16H16ClNO2. The van der Waals surface area contributed by atoms with Gasteiger partial charge in [0.05, 0.1) is 5.52 Å². The zero-order valence-electron chi connectivity index (χ0n) is 11.7. The molecule has 0 aliphatic rings. The molecule has 0 atom stereocenters. The number of aryl methyl sites for hydroxylation is 2. The topological polar surface area (TPSA) is 39.2 Å². The van der Waals surface area contributed by atoms with Crippen LogP contribution < -0.4 is 0 Å². The van der Waals surface area contributed by atoms with Crippen LogP contribution in [0.15, 0.2) is 30.4 Å². The van der Waals surface area contributed by atoms with Crippen LogP contribution in [0.1, 0.15) is 23.6 Å². The van der Waals surface area contributed by atoms with Gasteiger partial charge in [-0.3, -0.25) is 0 Å². The van der Waals surface area contributed by atoms with Gasteiger partial charge in [0.1, 0.15) is 11.8 Å². The Morgan fingerprint density at radius 2 is 2.15 bits per heavy atom. The van der Waals surface area contributed by atoms with Gasteiger partial charge >= 0.3 is 5.97 Å². The van der Waals surface area contributed by atoms with E-state index in [4.69, 9.17) is 16.3 Å². The summed E-state index contributed by atoms with van der Waals surface area (Å²) >= 11 is 6.17. The molecule has 0 bridgehead atoms. The molecule has 104 valence electrons. The molecule has 0 unspecified atom stereocenters. The molecular weight excluding hydrogens is 274 g/mol. The van der Waals surface area contributed by atoms with Crippen molar-refractivity contribution in [1.82, 2.24) is 4.98 Å². The summed E-state index contributed by atoms with van der Waals surface area (Å²) in [6.07, 6.45) is 3.00. The van der Waals surface area contributed by atoms with Crippen molar-refractivity contribution in [2.45, 2.75) is 27.4 Å². The Hall–Kier alpha value is -1.87. The van der Waals surface area contributed by atoms with E-state index in [1.165, 1.54) is 11.6 Å². The number of carbonyl (C=O) groups is 1. The maximum atomic E-state index is 11.3. The Morgan fingerprint density at radius 3 is 2.85 bits per heavy atom. The van der Waals surface area contributed by atoms with Crippen molar-refractivity contribution in [3.8, 4) is 0 Å². The van der Waals surface area contributed by atoms with E-state index >= 15 is 0 Å². The number of fused-ring (bicyclic) bond motifs is 1. The zero-order valence-corrected chi connectivity index (χ0v) is 12.5. The fourth-order valence-corrected chi connectivity index (χ4v) is 2.13. The monoisotopic (exact) mass is 289 g/mol. The third kappa shape index (κ3) is 2.99. The molecule has 0 spiro atoms. The van der Waals surface area contributed by atoms with Crippen molar-refractivity contribution >= 4 is 28.5 Å². The summed E-state index contributed by atoms with van der Waals surface area (Å²) in [5.74, 6) is -0.385. The van der Waals surface area contributed by atoms with Crippen molar-refractivity contribution in [3.63, 3.8) is 0 Å². The molecule has 0 saturated heterocycles. The van der Waals surface area contributed by atoms with Gasteiger partial charge in [-0.05, 0) is 38.0 Å². The number of esters is 1. The minimum absolute atomic E-state index is 0.123. The van der Waals surface area contributed by atoms with Crippen LogP contribution in [0.3, 0.4) is 0 Å². The number of carbonyl (C=O) groups excluding carboxylic acids is 1. The lowest BCUT2D eigenvalue weighted by atomic mass is 10.0. The predicted molar refractivity (Wildman–Crippen MR) is 80.8 cm³/mol. The van der Waals surface area contributed by atoms with Crippen molar-refractivity contribution < 1.29 is 9.53 Å². The van der Waals surface area contributed by atoms with Crippen LogP contribution >= 0.6 is 11.6 Å². The van der Waals surface area contributed by atoms with Gasteiger partial charge in [0.2, 0.25) is 0 Å². The lowest BCUT2D eigenvalue weighted by Crippen LogP contribution is -2.02. The highest BCUT2D eigenvalue weighted by molar-refractivity contribution is 6.30. The number of aromatic nitrogens is 1. The van der Waals surface area contributed by atoms with E-state index in [1.807, 2.05) is 32.0 Å². The van der Waals surface area contributed by atoms with Crippen LogP contribution in [-0.2, 0) is 16.1 Å². The second-order valence-corrected chi connectivity index (χ2v) is 4.98. The number of hydrogen-bond acceptors (Lipinski definition) is 3. The van der Waals surface area contributed by atoms with Gasteiger partial charge in [0, 0.05) is 17.0 Å². The number of nitrogens with zero attached hydrogens (tertiary/aromatic N) is 1. The molecule has 2 aromatic rings. The highest BCUT2D eigenvalue weighted by Crippen LogP contribution is 2.25. The van der Waals surface area contributed by atoms with Crippen molar-refractivity contribution in [3.05, 3.63) is 52.2 Å². The Morgan fingerprint density at radius 1 is 1.40 bits per heavy atom. The number of rotatable bonds is 3. The zero-order chi connectivity index (χ0) is 14.7. The maximum Gasteiger partial charge on any atom is 0.330 e. The van der Waals surface area contributed by atoms with Gasteiger partial charge in [-0.15, -0.1) is 0 Å². The fourth-order valence-electron chi connectivity index (χ4n) is 1.94. The number of ether oxygens (including phenoxy) is 1. The van der Waals surface area contributed by atoms with Crippen LogP contribution in [0, 0.1) is 13.8 Å². The molecule has 3 nitrogen and oxygen atoms in total. The van der Waals surface area contributed by atoms with Crippen LogP contribution in [0.25, 0.3) is 10.9 Å². The smallest absolute Gasteiger partial charge is 0.330 e. The molecule has 0 saturated carbocycles. The summed E-state index contributed by atoms with van der Waals surface area (Å²) in [7, 11) is 0. The molecule has 0 aliphatic carbocycles. The lowest BCUT2D eigenvalue weighted by molar-refractivity contribution is -0.139. The molecule has 0 radical (unpaired) electrons. The molecule has 1 heterocycles. The normalized spacial score (nSPS) is 11.2. The molecule has 2 rings (SSSR count). The number of halogens is 1. The fraction of sp³-hybridized carbons (Fsp3) is 0.250. The predicted octanol–water partition coefficient (Wildman–Crippen LogP) is 4.12. The van der Waals surface area contributed by atoms with E-state index in [0.29, 0.717) is 10.7 Å². The average Bonchev–Trinajstić information content (AvgIpc) is 2.42. The third-order valence-corrected chi connectivity index (χ3v) is 3.54. The van der Waals surface area contributed by atoms with Crippen LogP contribution in [0.4, 0.5) is 0 Å².